The van der Waals surface area contributed by atoms with Crippen LogP contribution in [0.2, 0.25) is 0 Å². The SMILES string of the molecule is COC(=O)C(Cc1c[nH]c2ccccc12)NC(=O)C1Cc2ccccc2O1. The maximum atomic E-state index is 12.7. The van der Waals surface area contributed by atoms with Gasteiger partial charge in [-0.3, -0.25) is 4.79 Å². The number of esters is 1. The van der Waals surface area contributed by atoms with Crippen LogP contribution in [-0.4, -0.2) is 36.1 Å². The van der Waals surface area contributed by atoms with E-state index in [1.54, 1.807) is 0 Å². The average molecular weight is 364 g/mol. The van der Waals surface area contributed by atoms with E-state index in [4.69, 9.17) is 9.47 Å². The lowest BCUT2D eigenvalue weighted by Crippen LogP contribution is -2.48. The molecule has 2 heterocycles. The minimum Gasteiger partial charge on any atom is -0.480 e. The van der Waals surface area contributed by atoms with Gasteiger partial charge in [0, 0.05) is 29.9 Å². The van der Waals surface area contributed by atoms with Crippen LogP contribution in [0.5, 0.6) is 5.75 Å². The van der Waals surface area contributed by atoms with Crippen molar-refractivity contribution in [3.63, 3.8) is 0 Å². The van der Waals surface area contributed by atoms with Gasteiger partial charge in [0.05, 0.1) is 7.11 Å². The number of carbonyl (C=O) groups excluding carboxylic acids is 2. The maximum absolute atomic E-state index is 12.7. The molecule has 1 amide bonds. The normalized spacial score (nSPS) is 16.4. The van der Waals surface area contributed by atoms with Gasteiger partial charge in [-0.25, -0.2) is 4.79 Å². The zero-order valence-corrected chi connectivity index (χ0v) is 14.9. The number of rotatable bonds is 5. The second-order valence-corrected chi connectivity index (χ2v) is 6.57. The van der Waals surface area contributed by atoms with E-state index in [0.29, 0.717) is 18.6 Å². The Labute approximate surface area is 156 Å². The van der Waals surface area contributed by atoms with Crippen molar-refractivity contribution in [2.24, 2.45) is 0 Å². The molecule has 2 unspecified atom stereocenters. The summed E-state index contributed by atoms with van der Waals surface area (Å²) >= 11 is 0. The summed E-state index contributed by atoms with van der Waals surface area (Å²) in [5, 5.41) is 3.81. The van der Waals surface area contributed by atoms with Crippen molar-refractivity contribution in [3.05, 3.63) is 65.9 Å². The number of aromatic amines is 1. The summed E-state index contributed by atoms with van der Waals surface area (Å²) < 4.78 is 10.6. The molecule has 1 aromatic heterocycles. The van der Waals surface area contributed by atoms with Gasteiger partial charge in [-0.15, -0.1) is 0 Å². The molecule has 4 rings (SSSR count). The summed E-state index contributed by atoms with van der Waals surface area (Å²) in [4.78, 5) is 28.1. The number of hydrogen-bond acceptors (Lipinski definition) is 4. The van der Waals surface area contributed by atoms with Crippen LogP contribution >= 0.6 is 0 Å². The highest BCUT2D eigenvalue weighted by atomic mass is 16.5. The van der Waals surface area contributed by atoms with E-state index in [1.807, 2.05) is 54.7 Å². The summed E-state index contributed by atoms with van der Waals surface area (Å²) in [7, 11) is 1.32. The summed E-state index contributed by atoms with van der Waals surface area (Å²) in [6.45, 7) is 0. The number of ether oxygens (including phenoxy) is 2. The molecule has 138 valence electrons. The van der Waals surface area contributed by atoms with Crippen LogP contribution in [0.3, 0.4) is 0 Å². The Morgan fingerprint density at radius 1 is 1.22 bits per heavy atom. The fourth-order valence-electron chi connectivity index (χ4n) is 3.45. The van der Waals surface area contributed by atoms with Gasteiger partial charge in [0.25, 0.3) is 5.91 Å². The van der Waals surface area contributed by atoms with Crippen LogP contribution in [0.15, 0.2) is 54.7 Å². The second-order valence-electron chi connectivity index (χ2n) is 6.57. The fourth-order valence-corrected chi connectivity index (χ4v) is 3.45. The Morgan fingerprint density at radius 3 is 2.81 bits per heavy atom. The van der Waals surface area contributed by atoms with E-state index < -0.39 is 18.1 Å². The molecule has 2 N–H and O–H groups in total. The molecule has 3 aromatic rings. The molecule has 6 heteroatoms. The number of carbonyl (C=O) groups is 2. The zero-order chi connectivity index (χ0) is 18.8. The van der Waals surface area contributed by atoms with Crippen molar-refractivity contribution in [1.29, 1.82) is 0 Å². The van der Waals surface area contributed by atoms with E-state index in [0.717, 1.165) is 22.0 Å². The third kappa shape index (κ3) is 3.38. The molecule has 0 bridgehead atoms. The van der Waals surface area contributed by atoms with Crippen molar-refractivity contribution >= 4 is 22.8 Å². The van der Waals surface area contributed by atoms with Crippen molar-refractivity contribution < 1.29 is 19.1 Å². The van der Waals surface area contributed by atoms with Crippen LogP contribution in [0.4, 0.5) is 0 Å². The quantitative estimate of drug-likeness (QED) is 0.681. The number of nitrogens with one attached hydrogen (secondary N) is 2. The standard InChI is InChI=1S/C21H20N2O4/c1-26-21(25)17(10-14-12-22-16-8-4-3-7-15(14)16)23-20(24)19-11-13-6-2-5-9-18(13)27-19/h2-9,12,17,19,22H,10-11H2,1H3,(H,23,24). The number of hydrogen-bond donors (Lipinski definition) is 2. The third-order valence-corrected chi connectivity index (χ3v) is 4.84. The average Bonchev–Trinajstić information content (AvgIpc) is 3.31. The van der Waals surface area contributed by atoms with Crippen molar-refractivity contribution in [3.8, 4) is 5.75 Å². The molecule has 27 heavy (non-hydrogen) atoms. The molecule has 1 aliphatic heterocycles. The van der Waals surface area contributed by atoms with Crippen LogP contribution in [0.1, 0.15) is 11.1 Å². The Bertz CT molecular complexity index is 970. The van der Waals surface area contributed by atoms with Crippen LogP contribution in [0, 0.1) is 0 Å². The highest BCUT2D eigenvalue weighted by molar-refractivity contribution is 5.89. The second kappa shape index (κ2) is 7.15. The third-order valence-electron chi connectivity index (χ3n) is 4.84. The zero-order valence-electron chi connectivity index (χ0n) is 14.9. The van der Waals surface area contributed by atoms with E-state index >= 15 is 0 Å². The molecule has 6 nitrogen and oxygen atoms in total. The first-order valence-electron chi connectivity index (χ1n) is 8.83. The molecular formula is C21H20N2O4. The lowest BCUT2D eigenvalue weighted by atomic mass is 10.0. The van der Waals surface area contributed by atoms with Crippen molar-refractivity contribution in [1.82, 2.24) is 10.3 Å². The highest BCUT2D eigenvalue weighted by Crippen LogP contribution is 2.28. The van der Waals surface area contributed by atoms with Gasteiger partial charge in [-0.05, 0) is 23.3 Å². The molecule has 1 aliphatic rings. The summed E-state index contributed by atoms with van der Waals surface area (Å²) in [6.07, 6.45) is 2.04. The molecular weight excluding hydrogens is 344 g/mol. The fraction of sp³-hybridized carbons (Fsp3) is 0.238. The molecule has 2 aromatic carbocycles. The lowest BCUT2D eigenvalue weighted by Gasteiger charge is -2.18. The van der Waals surface area contributed by atoms with E-state index in [-0.39, 0.29) is 5.91 Å². The van der Waals surface area contributed by atoms with Crippen molar-refractivity contribution in [2.75, 3.05) is 7.11 Å². The Hall–Kier alpha value is -3.28. The Kier molecular flexibility index (Phi) is 4.54. The first-order chi connectivity index (χ1) is 13.2. The van der Waals surface area contributed by atoms with Gasteiger partial charge in [-0.2, -0.15) is 0 Å². The predicted molar refractivity (Wildman–Crippen MR) is 101 cm³/mol. The summed E-state index contributed by atoms with van der Waals surface area (Å²) in [5.41, 5.74) is 2.91. The highest BCUT2D eigenvalue weighted by Gasteiger charge is 2.32. The van der Waals surface area contributed by atoms with Gasteiger partial charge in [-0.1, -0.05) is 36.4 Å². The molecule has 0 saturated carbocycles. The number of aromatic nitrogens is 1. The summed E-state index contributed by atoms with van der Waals surface area (Å²) in [5.74, 6) is -0.0884. The first kappa shape index (κ1) is 17.1. The van der Waals surface area contributed by atoms with E-state index in [1.165, 1.54) is 7.11 Å². The minimum absolute atomic E-state index is 0.318. The Morgan fingerprint density at radius 2 is 2.00 bits per heavy atom. The van der Waals surface area contributed by atoms with Gasteiger partial charge >= 0.3 is 5.97 Å². The van der Waals surface area contributed by atoms with Crippen molar-refractivity contribution in [2.45, 2.75) is 25.0 Å². The van der Waals surface area contributed by atoms with E-state index in [9.17, 15) is 9.59 Å². The number of methoxy groups -OCH3 is 1. The molecule has 0 spiro atoms. The number of benzene rings is 2. The molecule has 0 aliphatic carbocycles. The van der Waals surface area contributed by atoms with Gasteiger partial charge < -0.3 is 19.8 Å². The molecule has 2 atom stereocenters. The molecule has 0 saturated heterocycles. The smallest absolute Gasteiger partial charge is 0.328 e. The van der Waals surface area contributed by atoms with Gasteiger partial charge in [0.2, 0.25) is 0 Å². The van der Waals surface area contributed by atoms with Crippen LogP contribution in [-0.2, 0) is 27.2 Å². The predicted octanol–water partition coefficient (Wildman–Crippen LogP) is 2.37. The number of fused-ring (bicyclic) bond motifs is 2. The lowest BCUT2D eigenvalue weighted by molar-refractivity contribution is -0.145. The largest absolute Gasteiger partial charge is 0.480 e. The van der Waals surface area contributed by atoms with E-state index in [2.05, 4.69) is 10.3 Å². The Balaban J connectivity index is 1.50. The molecule has 0 radical (unpaired) electrons. The minimum atomic E-state index is -0.783. The maximum Gasteiger partial charge on any atom is 0.328 e. The molecule has 0 fully saturated rings. The van der Waals surface area contributed by atoms with Gasteiger partial charge in [0.15, 0.2) is 6.10 Å². The van der Waals surface area contributed by atoms with Gasteiger partial charge in [0.1, 0.15) is 11.8 Å². The van der Waals surface area contributed by atoms with Crippen LogP contribution < -0.4 is 10.1 Å². The first-order valence-corrected chi connectivity index (χ1v) is 8.83. The number of para-hydroxylation sites is 2. The topological polar surface area (TPSA) is 80.4 Å². The number of amides is 1. The number of H-pyrrole nitrogens is 1. The summed E-state index contributed by atoms with van der Waals surface area (Å²) in [6, 6.07) is 14.6. The monoisotopic (exact) mass is 364 g/mol. The van der Waals surface area contributed by atoms with Crippen LogP contribution in [0.25, 0.3) is 10.9 Å².